The summed E-state index contributed by atoms with van der Waals surface area (Å²) in [6.45, 7) is 5.38. The van der Waals surface area contributed by atoms with Gasteiger partial charge < -0.3 is 0 Å². The molecule has 4 heteroatoms. The molecule has 0 aliphatic carbocycles. The normalized spacial score (nSPS) is 10.2. The van der Waals surface area contributed by atoms with Gasteiger partial charge in [0.15, 0.2) is 0 Å². The van der Waals surface area contributed by atoms with E-state index in [0.717, 1.165) is 15.6 Å². The molecule has 1 rings (SSSR count). The summed E-state index contributed by atoms with van der Waals surface area (Å²) >= 11 is 3.29. The van der Waals surface area contributed by atoms with Crippen molar-refractivity contribution < 1.29 is 4.92 Å². The van der Waals surface area contributed by atoms with Crippen LogP contribution in [0.1, 0.15) is 16.7 Å². The van der Waals surface area contributed by atoms with Gasteiger partial charge in [-0.1, -0.05) is 15.9 Å². The molecule has 0 fully saturated rings. The van der Waals surface area contributed by atoms with E-state index in [1.807, 2.05) is 13.0 Å². The van der Waals surface area contributed by atoms with Gasteiger partial charge in [0.25, 0.3) is 5.69 Å². The Morgan fingerprint density at radius 3 is 2.31 bits per heavy atom. The molecule has 0 bridgehead atoms. The van der Waals surface area contributed by atoms with Crippen LogP contribution in [0.15, 0.2) is 10.5 Å². The summed E-state index contributed by atoms with van der Waals surface area (Å²) in [7, 11) is 0. The van der Waals surface area contributed by atoms with E-state index in [2.05, 4.69) is 15.9 Å². The van der Waals surface area contributed by atoms with E-state index in [1.54, 1.807) is 13.8 Å². The number of nitro benzene ring substituents is 1. The quantitative estimate of drug-likeness (QED) is 0.562. The summed E-state index contributed by atoms with van der Waals surface area (Å²) in [6.07, 6.45) is 0. The lowest BCUT2D eigenvalue weighted by atomic mass is 10.0. The van der Waals surface area contributed by atoms with Gasteiger partial charge in [-0.05, 0) is 32.4 Å². The number of benzene rings is 1. The molecule has 0 N–H and O–H groups in total. The van der Waals surface area contributed by atoms with Crippen LogP contribution in [-0.4, -0.2) is 4.92 Å². The van der Waals surface area contributed by atoms with Crippen molar-refractivity contribution in [3.8, 4) is 0 Å². The summed E-state index contributed by atoms with van der Waals surface area (Å²) in [6, 6.07) is 1.90. The highest BCUT2D eigenvalue weighted by Crippen LogP contribution is 2.31. The van der Waals surface area contributed by atoms with Gasteiger partial charge >= 0.3 is 0 Å². The number of nitro groups is 1. The monoisotopic (exact) mass is 243 g/mol. The second-order valence-corrected chi connectivity index (χ2v) is 3.89. The van der Waals surface area contributed by atoms with Crippen LogP contribution in [0.2, 0.25) is 0 Å². The summed E-state index contributed by atoms with van der Waals surface area (Å²) in [5.74, 6) is 0. The van der Waals surface area contributed by atoms with Crippen molar-refractivity contribution >= 4 is 21.6 Å². The topological polar surface area (TPSA) is 43.1 Å². The van der Waals surface area contributed by atoms with Crippen LogP contribution in [0.25, 0.3) is 0 Å². The van der Waals surface area contributed by atoms with E-state index in [0.29, 0.717) is 5.56 Å². The molecule has 0 aliphatic rings. The van der Waals surface area contributed by atoms with Crippen LogP contribution in [-0.2, 0) is 0 Å². The molecule has 0 heterocycles. The lowest BCUT2D eigenvalue weighted by Gasteiger charge is -2.06. The molecule has 1 aromatic carbocycles. The van der Waals surface area contributed by atoms with Crippen LogP contribution in [0, 0.1) is 30.9 Å². The number of halogens is 1. The van der Waals surface area contributed by atoms with Crippen LogP contribution < -0.4 is 0 Å². The first-order valence-corrected chi connectivity index (χ1v) is 4.65. The molecule has 3 nitrogen and oxygen atoms in total. The molecule has 0 aliphatic heterocycles. The molecule has 0 aromatic heterocycles. The third kappa shape index (κ3) is 1.72. The fourth-order valence-electron chi connectivity index (χ4n) is 1.26. The Morgan fingerprint density at radius 2 is 1.85 bits per heavy atom. The standard InChI is InChI=1S/C9H10BrNO2/c1-5-4-8(10)7(3)9(6(5)2)11(12)13/h4H,1-3H3. The molecule has 0 saturated carbocycles. The third-order valence-electron chi connectivity index (χ3n) is 2.19. The van der Waals surface area contributed by atoms with Gasteiger partial charge in [0.1, 0.15) is 0 Å². The second kappa shape index (κ2) is 3.46. The average molecular weight is 244 g/mol. The van der Waals surface area contributed by atoms with Gasteiger partial charge in [0.2, 0.25) is 0 Å². The summed E-state index contributed by atoms with van der Waals surface area (Å²) in [5, 5.41) is 10.7. The van der Waals surface area contributed by atoms with Crippen LogP contribution >= 0.6 is 15.9 Å². The van der Waals surface area contributed by atoms with Crippen molar-refractivity contribution in [2.45, 2.75) is 20.8 Å². The smallest absolute Gasteiger partial charge is 0.258 e. The fraction of sp³-hybridized carbons (Fsp3) is 0.333. The number of rotatable bonds is 1. The Balaban J connectivity index is 3.56. The van der Waals surface area contributed by atoms with E-state index < -0.39 is 0 Å². The van der Waals surface area contributed by atoms with E-state index in [4.69, 9.17) is 0 Å². The zero-order chi connectivity index (χ0) is 10.2. The Kier molecular flexibility index (Phi) is 2.71. The summed E-state index contributed by atoms with van der Waals surface area (Å²) < 4.78 is 0.794. The predicted molar refractivity (Wildman–Crippen MR) is 55.0 cm³/mol. The number of aryl methyl sites for hydroxylation is 1. The minimum atomic E-state index is -0.331. The van der Waals surface area contributed by atoms with Crippen LogP contribution in [0.5, 0.6) is 0 Å². The van der Waals surface area contributed by atoms with Crippen molar-refractivity contribution in [2.24, 2.45) is 0 Å². The minimum Gasteiger partial charge on any atom is -0.258 e. The third-order valence-corrected chi connectivity index (χ3v) is 3.01. The van der Waals surface area contributed by atoms with E-state index in [9.17, 15) is 10.1 Å². The highest BCUT2D eigenvalue weighted by Gasteiger charge is 2.18. The highest BCUT2D eigenvalue weighted by atomic mass is 79.9. The Morgan fingerprint density at radius 1 is 1.31 bits per heavy atom. The molecule has 0 unspecified atom stereocenters. The first kappa shape index (κ1) is 10.2. The van der Waals surface area contributed by atoms with Gasteiger partial charge in [0, 0.05) is 15.6 Å². The lowest BCUT2D eigenvalue weighted by Crippen LogP contribution is -1.97. The summed E-state index contributed by atoms with van der Waals surface area (Å²) in [4.78, 5) is 10.4. The zero-order valence-electron chi connectivity index (χ0n) is 7.72. The molecule has 0 atom stereocenters. The van der Waals surface area contributed by atoms with Crippen molar-refractivity contribution in [2.75, 3.05) is 0 Å². The molecule has 1 aromatic rings. The van der Waals surface area contributed by atoms with Gasteiger partial charge in [-0.25, -0.2) is 0 Å². The Bertz CT molecular complexity index is 348. The maximum absolute atomic E-state index is 10.7. The molecule has 0 saturated heterocycles. The lowest BCUT2D eigenvalue weighted by molar-refractivity contribution is -0.386. The van der Waals surface area contributed by atoms with E-state index in [1.165, 1.54) is 0 Å². The first-order valence-electron chi connectivity index (χ1n) is 3.86. The zero-order valence-corrected chi connectivity index (χ0v) is 9.31. The molecule has 0 radical (unpaired) electrons. The average Bonchev–Trinajstić information content (AvgIpc) is 2.01. The SMILES string of the molecule is Cc1cc(Br)c(C)c([N+](=O)[O-])c1C. The first-order chi connectivity index (χ1) is 5.95. The number of hydrogen-bond donors (Lipinski definition) is 0. The predicted octanol–water partition coefficient (Wildman–Crippen LogP) is 3.28. The maximum Gasteiger partial charge on any atom is 0.276 e. The molecule has 0 spiro atoms. The Labute approximate surface area is 85.0 Å². The molecular formula is C9H10BrNO2. The number of nitrogens with zero attached hydrogens (tertiary/aromatic N) is 1. The van der Waals surface area contributed by atoms with E-state index >= 15 is 0 Å². The van der Waals surface area contributed by atoms with Crippen LogP contribution in [0.3, 0.4) is 0 Å². The van der Waals surface area contributed by atoms with Crippen LogP contribution in [0.4, 0.5) is 5.69 Å². The van der Waals surface area contributed by atoms with Crippen molar-refractivity contribution in [3.63, 3.8) is 0 Å². The summed E-state index contributed by atoms with van der Waals surface area (Å²) in [5.41, 5.74) is 2.58. The molecular weight excluding hydrogens is 234 g/mol. The van der Waals surface area contributed by atoms with Gasteiger partial charge in [-0.3, -0.25) is 10.1 Å². The largest absolute Gasteiger partial charge is 0.276 e. The van der Waals surface area contributed by atoms with Crippen molar-refractivity contribution in [3.05, 3.63) is 37.3 Å². The van der Waals surface area contributed by atoms with E-state index in [-0.39, 0.29) is 10.6 Å². The van der Waals surface area contributed by atoms with Crippen molar-refractivity contribution in [1.82, 2.24) is 0 Å². The fourth-order valence-corrected chi connectivity index (χ4v) is 1.79. The second-order valence-electron chi connectivity index (χ2n) is 3.03. The minimum absolute atomic E-state index is 0.215. The highest BCUT2D eigenvalue weighted by molar-refractivity contribution is 9.10. The van der Waals surface area contributed by atoms with Crippen molar-refractivity contribution in [1.29, 1.82) is 0 Å². The van der Waals surface area contributed by atoms with Gasteiger partial charge in [-0.2, -0.15) is 0 Å². The number of hydrogen-bond acceptors (Lipinski definition) is 2. The van der Waals surface area contributed by atoms with Gasteiger partial charge in [-0.15, -0.1) is 0 Å². The molecule has 13 heavy (non-hydrogen) atoms. The van der Waals surface area contributed by atoms with Gasteiger partial charge in [0.05, 0.1) is 4.92 Å². The Hall–Kier alpha value is -0.900. The maximum atomic E-state index is 10.7. The molecule has 70 valence electrons. The molecule has 0 amide bonds.